The highest BCUT2D eigenvalue weighted by Crippen LogP contribution is 2.22. The molecule has 0 aliphatic carbocycles. The summed E-state index contributed by atoms with van der Waals surface area (Å²) in [5, 5.41) is 3.31. The zero-order valence-corrected chi connectivity index (χ0v) is 12.4. The molecule has 0 spiro atoms. The summed E-state index contributed by atoms with van der Waals surface area (Å²) >= 11 is 1.67. The zero-order chi connectivity index (χ0) is 14.4. The topological polar surface area (TPSA) is 56.8 Å². The van der Waals surface area contributed by atoms with Crippen LogP contribution in [0.3, 0.4) is 0 Å². The van der Waals surface area contributed by atoms with Crippen molar-refractivity contribution in [1.29, 1.82) is 0 Å². The largest absolute Gasteiger partial charge is 0.497 e. The Bertz CT molecular complexity index is 437. The van der Waals surface area contributed by atoms with Gasteiger partial charge in [-0.3, -0.25) is 10.1 Å². The van der Waals surface area contributed by atoms with Gasteiger partial charge in [0.05, 0.1) is 19.1 Å². The van der Waals surface area contributed by atoms with E-state index < -0.39 is 0 Å². The SMILES string of the molecule is CCOC(=O)C1CSC(COc2ccc(OC)cc2)N1. The molecular weight excluding hydrogens is 278 g/mol. The van der Waals surface area contributed by atoms with Crippen molar-refractivity contribution in [3.8, 4) is 11.5 Å². The van der Waals surface area contributed by atoms with Gasteiger partial charge >= 0.3 is 5.97 Å². The molecule has 2 unspecified atom stereocenters. The fourth-order valence-electron chi connectivity index (χ4n) is 1.85. The molecule has 0 aromatic heterocycles. The van der Waals surface area contributed by atoms with Gasteiger partial charge in [0.1, 0.15) is 24.1 Å². The number of carbonyl (C=O) groups is 1. The van der Waals surface area contributed by atoms with Crippen molar-refractivity contribution in [3.05, 3.63) is 24.3 Å². The molecule has 1 aromatic carbocycles. The highest BCUT2D eigenvalue weighted by molar-refractivity contribution is 8.00. The van der Waals surface area contributed by atoms with Gasteiger partial charge in [0.15, 0.2) is 0 Å². The lowest BCUT2D eigenvalue weighted by Gasteiger charge is -2.13. The molecule has 1 aliphatic rings. The van der Waals surface area contributed by atoms with E-state index in [1.807, 2.05) is 31.2 Å². The molecule has 110 valence electrons. The van der Waals surface area contributed by atoms with Gasteiger partial charge in [0, 0.05) is 5.75 Å². The van der Waals surface area contributed by atoms with Crippen LogP contribution in [0.4, 0.5) is 0 Å². The molecule has 1 aromatic rings. The lowest BCUT2D eigenvalue weighted by Crippen LogP contribution is -2.39. The predicted molar refractivity (Wildman–Crippen MR) is 78.3 cm³/mol. The van der Waals surface area contributed by atoms with Gasteiger partial charge in [-0.1, -0.05) is 0 Å². The standard InChI is InChI=1S/C14H19NO4S/c1-3-18-14(16)12-9-20-13(15-12)8-19-11-6-4-10(17-2)5-7-11/h4-7,12-13,15H,3,8-9H2,1-2H3. The number of hydrogen-bond acceptors (Lipinski definition) is 6. The molecular formula is C14H19NO4S. The number of thioether (sulfide) groups is 1. The summed E-state index contributed by atoms with van der Waals surface area (Å²) in [6.07, 6.45) is 0. The zero-order valence-electron chi connectivity index (χ0n) is 11.6. The number of benzene rings is 1. The number of ether oxygens (including phenoxy) is 3. The number of esters is 1. The van der Waals surface area contributed by atoms with Crippen molar-refractivity contribution in [2.24, 2.45) is 0 Å². The number of rotatable bonds is 6. The Morgan fingerprint density at radius 2 is 2.05 bits per heavy atom. The van der Waals surface area contributed by atoms with Gasteiger partial charge in [0.2, 0.25) is 0 Å². The highest BCUT2D eigenvalue weighted by Gasteiger charge is 2.30. The molecule has 20 heavy (non-hydrogen) atoms. The highest BCUT2D eigenvalue weighted by atomic mass is 32.2. The Hall–Kier alpha value is -1.40. The van der Waals surface area contributed by atoms with Crippen molar-refractivity contribution in [2.75, 3.05) is 26.1 Å². The first kappa shape index (κ1) is 15.0. The fraction of sp³-hybridized carbons (Fsp3) is 0.500. The number of carbonyl (C=O) groups excluding carboxylic acids is 1. The van der Waals surface area contributed by atoms with Crippen molar-refractivity contribution in [2.45, 2.75) is 18.3 Å². The van der Waals surface area contributed by atoms with Crippen LogP contribution in [0.15, 0.2) is 24.3 Å². The Labute approximate surface area is 123 Å². The first-order valence-corrected chi connectivity index (χ1v) is 7.59. The number of hydrogen-bond donors (Lipinski definition) is 1. The summed E-state index contributed by atoms with van der Waals surface area (Å²) in [6, 6.07) is 7.20. The second-order valence-corrected chi connectivity index (χ2v) is 5.52. The van der Waals surface area contributed by atoms with Crippen LogP contribution in [0.2, 0.25) is 0 Å². The van der Waals surface area contributed by atoms with E-state index in [2.05, 4.69) is 5.32 Å². The van der Waals surface area contributed by atoms with Crippen molar-refractivity contribution in [3.63, 3.8) is 0 Å². The van der Waals surface area contributed by atoms with Crippen LogP contribution >= 0.6 is 11.8 Å². The van der Waals surface area contributed by atoms with Crippen LogP contribution < -0.4 is 14.8 Å². The van der Waals surface area contributed by atoms with E-state index in [4.69, 9.17) is 14.2 Å². The molecule has 0 amide bonds. The fourth-order valence-corrected chi connectivity index (χ4v) is 2.93. The Kier molecular flexibility index (Phi) is 5.55. The molecule has 2 rings (SSSR count). The smallest absolute Gasteiger partial charge is 0.324 e. The maximum Gasteiger partial charge on any atom is 0.324 e. The molecule has 1 aliphatic heterocycles. The molecule has 0 bridgehead atoms. The maximum atomic E-state index is 11.6. The molecule has 6 heteroatoms. The quantitative estimate of drug-likeness (QED) is 0.806. The van der Waals surface area contributed by atoms with E-state index in [0.717, 1.165) is 17.3 Å². The summed E-state index contributed by atoms with van der Waals surface area (Å²) < 4.78 is 15.8. The summed E-state index contributed by atoms with van der Waals surface area (Å²) in [4.78, 5) is 11.6. The van der Waals surface area contributed by atoms with Crippen LogP contribution in [0.1, 0.15) is 6.92 Å². The minimum Gasteiger partial charge on any atom is -0.497 e. The van der Waals surface area contributed by atoms with Crippen LogP contribution in [-0.4, -0.2) is 43.5 Å². The first-order valence-electron chi connectivity index (χ1n) is 6.54. The minimum atomic E-state index is -0.232. The van der Waals surface area contributed by atoms with Gasteiger partial charge < -0.3 is 14.2 Å². The third-order valence-electron chi connectivity index (χ3n) is 2.88. The first-order chi connectivity index (χ1) is 9.72. The van der Waals surface area contributed by atoms with E-state index in [-0.39, 0.29) is 17.4 Å². The number of nitrogens with one attached hydrogen (secondary N) is 1. The van der Waals surface area contributed by atoms with E-state index in [0.29, 0.717) is 13.2 Å². The summed E-state index contributed by atoms with van der Waals surface area (Å²) in [6.45, 7) is 2.73. The molecule has 1 fully saturated rings. The van der Waals surface area contributed by atoms with Gasteiger partial charge in [-0.2, -0.15) is 0 Å². The maximum absolute atomic E-state index is 11.6. The van der Waals surface area contributed by atoms with Gasteiger partial charge in [0.25, 0.3) is 0 Å². The molecule has 0 radical (unpaired) electrons. The molecule has 2 atom stereocenters. The summed E-state index contributed by atoms with van der Waals surface area (Å²) in [5.74, 6) is 2.11. The minimum absolute atomic E-state index is 0.103. The Morgan fingerprint density at radius 3 is 2.70 bits per heavy atom. The lowest BCUT2D eigenvalue weighted by atomic mass is 10.3. The van der Waals surface area contributed by atoms with Crippen molar-refractivity contribution >= 4 is 17.7 Å². The van der Waals surface area contributed by atoms with Crippen LogP contribution in [0, 0.1) is 0 Å². The second kappa shape index (κ2) is 7.40. The molecule has 0 saturated carbocycles. The van der Waals surface area contributed by atoms with Gasteiger partial charge in [-0.25, -0.2) is 0 Å². The normalized spacial score (nSPS) is 21.5. The summed E-state index contributed by atoms with van der Waals surface area (Å²) in [5.41, 5.74) is 0. The van der Waals surface area contributed by atoms with E-state index in [1.165, 1.54) is 0 Å². The predicted octanol–water partition coefficient (Wildman–Crippen LogP) is 1.67. The molecule has 1 heterocycles. The average Bonchev–Trinajstić information content (AvgIpc) is 2.95. The van der Waals surface area contributed by atoms with Crippen LogP contribution in [-0.2, 0) is 9.53 Å². The average molecular weight is 297 g/mol. The Morgan fingerprint density at radius 1 is 1.35 bits per heavy atom. The van der Waals surface area contributed by atoms with E-state index in [9.17, 15) is 4.79 Å². The molecule has 1 N–H and O–H groups in total. The van der Waals surface area contributed by atoms with Crippen LogP contribution in [0.25, 0.3) is 0 Å². The van der Waals surface area contributed by atoms with Crippen molar-refractivity contribution in [1.82, 2.24) is 5.32 Å². The summed E-state index contributed by atoms with van der Waals surface area (Å²) in [7, 11) is 1.63. The van der Waals surface area contributed by atoms with E-state index >= 15 is 0 Å². The third-order valence-corrected chi connectivity index (χ3v) is 4.08. The molecule has 1 saturated heterocycles. The van der Waals surface area contributed by atoms with E-state index in [1.54, 1.807) is 18.9 Å². The third kappa shape index (κ3) is 4.05. The lowest BCUT2D eigenvalue weighted by molar-refractivity contribution is -0.144. The van der Waals surface area contributed by atoms with Crippen molar-refractivity contribution < 1.29 is 19.0 Å². The second-order valence-electron chi connectivity index (χ2n) is 4.28. The monoisotopic (exact) mass is 297 g/mol. The molecule has 5 nitrogen and oxygen atoms in total. The van der Waals surface area contributed by atoms with Crippen LogP contribution in [0.5, 0.6) is 11.5 Å². The van der Waals surface area contributed by atoms with Gasteiger partial charge in [-0.15, -0.1) is 11.8 Å². The Balaban J connectivity index is 1.76. The van der Waals surface area contributed by atoms with Gasteiger partial charge in [-0.05, 0) is 31.2 Å². The number of methoxy groups -OCH3 is 1.